The summed E-state index contributed by atoms with van der Waals surface area (Å²) in [4.78, 5) is 39.6. The number of carbonyl (C=O) groups is 3. The lowest BCUT2D eigenvalue weighted by atomic mass is 10.1. The van der Waals surface area contributed by atoms with Crippen molar-refractivity contribution in [2.75, 3.05) is 18.1 Å². The van der Waals surface area contributed by atoms with Crippen LogP contribution < -0.4 is 29.2 Å². The molecule has 1 aliphatic heterocycles. The average molecular weight is 750 g/mol. The van der Waals surface area contributed by atoms with E-state index in [1.54, 1.807) is 36.4 Å². The van der Waals surface area contributed by atoms with E-state index in [9.17, 15) is 14.4 Å². The van der Waals surface area contributed by atoms with Crippen LogP contribution in [0.3, 0.4) is 0 Å². The number of imide groups is 2. The number of hydrogen-bond donors (Lipinski definition) is 1. The average Bonchev–Trinajstić information content (AvgIpc) is 3.04. The van der Waals surface area contributed by atoms with E-state index in [-0.39, 0.29) is 12.2 Å². The summed E-state index contributed by atoms with van der Waals surface area (Å²) in [6, 6.07) is 24.6. The number of hydrogen-bond acceptors (Lipinski definition) is 7. The predicted octanol–water partition coefficient (Wildman–Crippen LogP) is 7.83. The Morgan fingerprint density at radius 2 is 1.39 bits per heavy atom. The van der Waals surface area contributed by atoms with Crippen LogP contribution in [-0.4, -0.2) is 31.1 Å². The number of rotatable bonds is 12. The molecule has 11 heteroatoms. The smallest absolute Gasteiger partial charge is 0.335 e. The first-order valence-corrected chi connectivity index (χ1v) is 16.0. The summed E-state index contributed by atoms with van der Waals surface area (Å²) in [7, 11) is 0. The lowest BCUT2D eigenvalue weighted by molar-refractivity contribution is -0.122. The number of amides is 4. The molecule has 0 radical (unpaired) electrons. The standard InChI is InChI=1S/C35H30Br2N2O7/c1-3-43-26-13-11-25(12-14-26)39-34(41)27(33(40)38-35(39)42)16-24-17-28(36)32(29(37)18-24)46-21-23-10-15-30(31(19-23)44-4-2)45-20-22-8-6-5-7-9-22/h5-19H,3-4,20-21H2,1-2H3,(H,38,40,42)/b27-16+. The van der Waals surface area contributed by atoms with Gasteiger partial charge in [-0.05, 0) is 117 Å². The van der Waals surface area contributed by atoms with Crippen molar-refractivity contribution < 1.29 is 33.3 Å². The molecule has 1 fully saturated rings. The topological polar surface area (TPSA) is 103 Å². The van der Waals surface area contributed by atoms with Gasteiger partial charge < -0.3 is 18.9 Å². The molecule has 0 atom stereocenters. The van der Waals surface area contributed by atoms with Crippen LogP contribution in [0, 0.1) is 0 Å². The molecule has 0 unspecified atom stereocenters. The first-order valence-electron chi connectivity index (χ1n) is 14.5. The van der Waals surface area contributed by atoms with E-state index >= 15 is 0 Å². The van der Waals surface area contributed by atoms with Crippen LogP contribution in [0.5, 0.6) is 23.0 Å². The van der Waals surface area contributed by atoms with Crippen LogP contribution in [0.1, 0.15) is 30.5 Å². The third kappa shape index (κ3) is 7.78. The Morgan fingerprint density at radius 1 is 0.717 bits per heavy atom. The number of barbiturate groups is 1. The van der Waals surface area contributed by atoms with Gasteiger partial charge in [0.25, 0.3) is 11.8 Å². The summed E-state index contributed by atoms with van der Waals surface area (Å²) < 4.78 is 24.6. The van der Waals surface area contributed by atoms with Crippen molar-refractivity contribution in [1.82, 2.24) is 5.32 Å². The molecular weight excluding hydrogens is 720 g/mol. The molecule has 236 valence electrons. The fourth-order valence-electron chi connectivity index (χ4n) is 4.64. The minimum atomic E-state index is -0.828. The third-order valence-electron chi connectivity index (χ3n) is 6.77. The molecular formula is C35H30Br2N2O7. The largest absolute Gasteiger partial charge is 0.494 e. The van der Waals surface area contributed by atoms with Gasteiger partial charge in [0, 0.05) is 0 Å². The number of nitrogens with zero attached hydrogens (tertiary/aromatic N) is 1. The number of halogens is 2. The lowest BCUT2D eigenvalue weighted by Gasteiger charge is -2.26. The van der Waals surface area contributed by atoms with Crippen molar-refractivity contribution >= 4 is 61.5 Å². The second kappa shape index (κ2) is 15.1. The molecule has 9 nitrogen and oxygen atoms in total. The minimum absolute atomic E-state index is 0.195. The molecule has 1 aliphatic rings. The van der Waals surface area contributed by atoms with Gasteiger partial charge >= 0.3 is 6.03 Å². The normalized spacial score (nSPS) is 13.9. The van der Waals surface area contributed by atoms with Gasteiger partial charge in [-0.25, -0.2) is 9.69 Å². The maximum atomic E-state index is 13.3. The molecule has 0 aliphatic carbocycles. The van der Waals surface area contributed by atoms with Gasteiger partial charge in [-0.1, -0.05) is 36.4 Å². The molecule has 4 amide bonds. The van der Waals surface area contributed by atoms with Crippen LogP contribution in [0.25, 0.3) is 6.08 Å². The van der Waals surface area contributed by atoms with Crippen molar-refractivity contribution in [3.8, 4) is 23.0 Å². The van der Waals surface area contributed by atoms with Gasteiger partial charge in [0.15, 0.2) is 11.5 Å². The first-order chi connectivity index (χ1) is 22.3. The molecule has 0 spiro atoms. The Morgan fingerprint density at radius 3 is 2.07 bits per heavy atom. The minimum Gasteiger partial charge on any atom is -0.494 e. The zero-order valence-electron chi connectivity index (χ0n) is 25.0. The monoisotopic (exact) mass is 748 g/mol. The molecule has 0 aromatic heterocycles. The second-order valence-electron chi connectivity index (χ2n) is 9.98. The highest BCUT2D eigenvalue weighted by molar-refractivity contribution is 9.11. The zero-order chi connectivity index (χ0) is 32.6. The lowest BCUT2D eigenvalue weighted by Crippen LogP contribution is -2.54. The van der Waals surface area contributed by atoms with Crippen molar-refractivity contribution in [3.05, 3.63) is 116 Å². The molecule has 46 heavy (non-hydrogen) atoms. The molecule has 1 heterocycles. The van der Waals surface area contributed by atoms with E-state index in [0.29, 0.717) is 63.0 Å². The summed E-state index contributed by atoms with van der Waals surface area (Å²) in [5.74, 6) is 0.846. The third-order valence-corrected chi connectivity index (χ3v) is 7.95. The number of anilines is 1. The highest BCUT2D eigenvalue weighted by Crippen LogP contribution is 2.37. The summed E-state index contributed by atoms with van der Waals surface area (Å²) >= 11 is 7.09. The molecule has 4 aromatic carbocycles. The van der Waals surface area contributed by atoms with Gasteiger partial charge in [-0.2, -0.15) is 0 Å². The maximum absolute atomic E-state index is 13.3. The van der Waals surface area contributed by atoms with E-state index < -0.39 is 17.8 Å². The quantitative estimate of drug-likeness (QED) is 0.116. The zero-order valence-corrected chi connectivity index (χ0v) is 28.2. The van der Waals surface area contributed by atoms with E-state index in [1.165, 1.54) is 6.08 Å². The molecule has 1 N–H and O–H groups in total. The second-order valence-corrected chi connectivity index (χ2v) is 11.7. The summed E-state index contributed by atoms with van der Waals surface area (Å²) in [5.41, 5.74) is 2.56. The van der Waals surface area contributed by atoms with Gasteiger partial charge in [0.1, 0.15) is 30.3 Å². The fraction of sp³-hybridized carbons (Fsp3) is 0.171. The van der Waals surface area contributed by atoms with Gasteiger partial charge in [-0.3, -0.25) is 14.9 Å². The van der Waals surface area contributed by atoms with Gasteiger partial charge in [0.2, 0.25) is 0 Å². The maximum Gasteiger partial charge on any atom is 0.335 e. The number of benzene rings is 4. The SMILES string of the molecule is CCOc1ccc(N2C(=O)NC(=O)/C(=C\c3cc(Br)c(OCc4ccc(OCc5ccccc5)c(OCC)c4)c(Br)c3)C2=O)cc1. The fourth-order valence-corrected chi connectivity index (χ4v) is 6.09. The van der Waals surface area contributed by atoms with Crippen LogP contribution in [0.2, 0.25) is 0 Å². The van der Waals surface area contributed by atoms with Gasteiger partial charge in [-0.15, -0.1) is 0 Å². The van der Waals surface area contributed by atoms with E-state index in [0.717, 1.165) is 16.0 Å². The van der Waals surface area contributed by atoms with Crippen LogP contribution >= 0.6 is 31.9 Å². The number of carbonyl (C=O) groups excluding carboxylic acids is 3. The van der Waals surface area contributed by atoms with Crippen LogP contribution in [-0.2, 0) is 22.8 Å². The van der Waals surface area contributed by atoms with E-state index in [4.69, 9.17) is 18.9 Å². The van der Waals surface area contributed by atoms with Crippen LogP contribution in [0.4, 0.5) is 10.5 Å². The predicted molar refractivity (Wildman–Crippen MR) is 181 cm³/mol. The first kappa shape index (κ1) is 32.8. The highest BCUT2D eigenvalue weighted by atomic mass is 79.9. The number of urea groups is 1. The van der Waals surface area contributed by atoms with E-state index in [2.05, 4.69) is 37.2 Å². The Hall–Kier alpha value is -4.61. The van der Waals surface area contributed by atoms with E-state index in [1.807, 2.05) is 62.4 Å². The van der Waals surface area contributed by atoms with Crippen molar-refractivity contribution in [1.29, 1.82) is 0 Å². The molecule has 0 bridgehead atoms. The Kier molecular flexibility index (Phi) is 10.8. The molecule has 0 saturated carbocycles. The Balaban J connectivity index is 1.30. The van der Waals surface area contributed by atoms with Crippen molar-refractivity contribution in [2.45, 2.75) is 27.1 Å². The number of nitrogens with one attached hydrogen (secondary N) is 1. The highest BCUT2D eigenvalue weighted by Gasteiger charge is 2.37. The Labute approximate surface area is 283 Å². The van der Waals surface area contributed by atoms with Crippen molar-refractivity contribution in [3.63, 3.8) is 0 Å². The summed E-state index contributed by atoms with van der Waals surface area (Å²) in [6.45, 7) is 5.38. The summed E-state index contributed by atoms with van der Waals surface area (Å²) in [5, 5.41) is 2.24. The molecule has 1 saturated heterocycles. The van der Waals surface area contributed by atoms with Crippen LogP contribution in [0.15, 0.2) is 99.4 Å². The molecule has 4 aromatic rings. The van der Waals surface area contributed by atoms with Gasteiger partial charge in [0.05, 0.1) is 27.8 Å². The summed E-state index contributed by atoms with van der Waals surface area (Å²) in [6.07, 6.45) is 1.42. The van der Waals surface area contributed by atoms with Crippen molar-refractivity contribution in [2.24, 2.45) is 0 Å². The number of ether oxygens (including phenoxy) is 4. The molecule has 5 rings (SSSR count). The Bertz CT molecular complexity index is 1750.